The summed E-state index contributed by atoms with van der Waals surface area (Å²) in [7, 11) is 0. The number of nitrogens with zero attached hydrogens (tertiary/aromatic N) is 7. The molecule has 0 atom stereocenters. The Balaban J connectivity index is 2.15. The predicted molar refractivity (Wildman–Crippen MR) is 56.2 cm³/mol. The highest BCUT2D eigenvalue weighted by atomic mass is 15.5. The van der Waals surface area contributed by atoms with Crippen LogP contribution in [-0.4, -0.2) is 20.2 Å². The maximum absolute atomic E-state index is 8.23. The van der Waals surface area contributed by atoms with Crippen molar-refractivity contribution in [1.29, 1.82) is 0 Å². The van der Waals surface area contributed by atoms with Gasteiger partial charge in [-0.1, -0.05) is 35.4 Å². The van der Waals surface area contributed by atoms with Crippen molar-refractivity contribution >= 4 is 0 Å². The molecule has 1 aromatic carbocycles. The van der Waals surface area contributed by atoms with Crippen LogP contribution in [0.4, 0.5) is 0 Å². The molecule has 0 aliphatic heterocycles. The summed E-state index contributed by atoms with van der Waals surface area (Å²) in [6, 6.07) is 9.82. The van der Waals surface area contributed by atoms with E-state index in [1.54, 1.807) is 4.68 Å². The van der Waals surface area contributed by atoms with Crippen molar-refractivity contribution in [3.05, 3.63) is 52.2 Å². The van der Waals surface area contributed by atoms with Crippen LogP contribution in [0.3, 0.4) is 0 Å². The first kappa shape index (κ1) is 10.1. The lowest BCUT2D eigenvalue weighted by molar-refractivity contribution is 0.618. The zero-order chi connectivity index (χ0) is 11.2. The highest BCUT2D eigenvalue weighted by Crippen LogP contribution is 2.03. The van der Waals surface area contributed by atoms with Crippen molar-refractivity contribution in [2.45, 2.75) is 13.1 Å². The Labute approximate surface area is 91.3 Å². The Morgan fingerprint density at radius 1 is 1.31 bits per heavy atom. The van der Waals surface area contributed by atoms with Crippen molar-refractivity contribution in [3.8, 4) is 0 Å². The topological polar surface area (TPSA) is 92.4 Å². The van der Waals surface area contributed by atoms with Gasteiger partial charge in [0.25, 0.3) is 0 Å². The van der Waals surface area contributed by atoms with E-state index in [4.69, 9.17) is 5.53 Å². The van der Waals surface area contributed by atoms with Crippen molar-refractivity contribution in [2.24, 2.45) is 5.11 Å². The summed E-state index contributed by atoms with van der Waals surface area (Å²) in [4.78, 5) is 2.67. The van der Waals surface area contributed by atoms with Gasteiger partial charge >= 0.3 is 0 Å². The molecule has 0 N–H and O–H groups in total. The second kappa shape index (κ2) is 4.90. The fraction of sp³-hybridized carbons (Fsp3) is 0.222. The average molecular weight is 215 g/mol. The number of benzene rings is 1. The molecule has 0 spiro atoms. The van der Waals surface area contributed by atoms with Gasteiger partial charge in [-0.15, -0.1) is 5.10 Å². The summed E-state index contributed by atoms with van der Waals surface area (Å²) >= 11 is 0. The van der Waals surface area contributed by atoms with Crippen LogP contribution < -0.4 is 0 Å². The summed E-state index contributed by atoms with van der Waals surface area (Å²) in [6.45, 7) is 0.737. The molecule has 0 saturated heterocycles. The number of hydrogen-bond acceptors (Lipinski definition) is 4. The molecule has 0 aliphatic carbocycles. The largest absolute Gasteiger partial charge is 0.225 e. The summed E-state index contributed by atoms with van der Waals surface area (Å²) in [5, 5.41) is 14.6. The third-order valence-electron chi connectivity index (χ3n) is 2.06. The van der Waals surface area contributed by atoms with Gasteiger partial charge in [-0.3, -0.25) is 0 Å². The Morgan fingerprint density at radius 3 is 2.88 bits per heavy atom. The van der Waals surface area contributed by atoms with Crippen LogP contribution in [0.15, 0.2) is 35.4 Å². The first-order chi connectivity index (χ1) is 7.90. The Bertz CT molecular complexity index is 498. The molecule has 0 aliphatic rings. The van der Waals surface area contributed by atoms with Crippen LogP contribution >= 0.6 is 0 Å². The van der Waals surface area contributed by atoms with Crippen LogP contribution in [0.2, 0.25) is 0 Å². The SMILES string of the molecule is [N-]=[N+]=NCc1nnnn1Cc1ccccc1. The van der Waals surface area contributed by atoms with E-state index in [0.717, 1.165) is 5.56 Å². The van der Waals surface area contributed by atoms with Gasteiger partial charge in [0.1, 0.15) is 0 Å². The monoisotopic (exact) mass is 215 g/mol. The van der Waals surface area contributed by atoms with Gasteiger partial charge in [-0.25, -0.2) is 4.68 Å². The van der Waals surface area contributed by atoms with E-state index in [9.17, 15) is 0 Å². The first-order valence-corrected chi connectivity index (χ1v) is 4.70. The molecule has 80 valence electrons. The molecule has 0 saturated carbocycles. The minimum Gasteiger partial charge on any atom is -0.225 e. The van der Waals surface area contributed by atoms with E-state index in [0.29, 0.717) is 12.4 Å². The fourth-order valence-electron chi connectivity index (χ4n) is 1.31. The molecular weight excluding hydrogens is 206 g/mol. The van der Waals surface area contributed by atoms with Gasteiger partial charge in [-0.2, -0.15) is 0 Å². The van der Waals surface area contributed by atoms with Gasteiger partial charge in [0.05, 0.1) is 13.1 Å². The Kier molecular flexibility index (Phi) is 3.10. The van der Waals surface area contributed by atoms with Crippen LogP contribution in [0.25, 0.3) is 10.4 Å². The second-order valence-corrected chi connectivity index (χ2v) is 3.13. The van der Waals surface area contributed by atoms with Crippen molar-refractivity contribution in [1.82, 2.24) is 20.2 Å². The molecule has 2 rings (SSSR count). The minimum atomic E-state index is 0.163. The van der Waals surface area contributed by atoms with Crippen molar-refractivity contribution in [3.63, 3.8) is 0 Å². The van der Waals surface area contributed by atoms with Crippen LogP contribution in [-0.2, 0) is 13.1 Å². The van der Waals surface area contributed by atoms with Gasteiger partial charge in [0.2, 0.25) is 0 Å². The maximum Gasteiger partial charge on any atom is 0.157 e. The van der Waals surface area contributed by atoms with E-state index in [1.807, 2.05) is 30.3 Å². The first-order valence-electron chi connectivity index (χ1n) is 4.70. The number of tetrazole rings is 1. The zero-order valence-corrected chi connectivity index (χ0v) is 8.43. The molecule has 0 amide bonds. The maximum atomic E-state index is 8.23. The quantitative estimate of drug-likeness (QED) is 0.439. The van der Waals surface area contributed by atoms with E-state index in [-0.39, 0.29) is 6.54 Å². The smallest absolute Gasteiger partial charge is 0.157 e. The summed E-state index contributed by atoms with van der Waals surface area (Å²) in [6.07, 6.45) is 0. The van der Waals surface area contributed by atoms with E-state index in [2.05, 4.69) is 25.6 Å². The van der Waals surface area contributed by atoms with E-state index < -0.39 is 0 Å². The van der Waals surface area contributed by atoms with Gasteiger partial charge < -0.3 is 0 Å². The molecule has 16 heavy (non-hydrogen) atoms. The van der Waals surface area contributed by atoms with Gasteiger partial charge in [0, 0.05) is 4.91 Å². The van der Waals surface area contributed by atoms with E-state index in [1.165, 1.54) is 0 Å². The lowest BCUT2D eigenvalue weighted by Gasteiger charge is -2.02. The molecule has 0 unspecified atom stereocenters. The minimum absolute atomic E-state index is 0.163. The normalized spacial score (nSPS) is 9.75. The van der Waals surface area contributed by atoms with Crippen LogP contribution in [0.5, 0.6) is 0 Å². The molecular formula is C9H9N7. The third-order valence-corrected chi connectivity index (χ3v) is 2.06. The predicted octanol–water partition coefficient (Wildman–Crippen LogP) is 1.53. The summed E-state index contributed by atoms with van der Waals surface area (Å²) in [5.41, 5.74) is 9.32. The Morgan fingerprint density at radius 2 is 2.12 bits per heavy atom. The fourth-order valence-corrected chi connectivity index (χ4v) is 1.31. The van der Waals surface area contributed by atoms with Crippen LogP contribution in [0.1, 0.15) is 11.4 Å². The molecule has 7 heteroatoms. The third kappa shape index (κ3) is 2.34. The molecule has 7 nitrogen and oxygen atoms in total. The molecule has 0 fully saturated rings. The summed E-state index contributed by atoms with van der Waals surface area (Å²) < 4.78 is 1.62. The van der Waals surface area contributed by atoms with Gasteiger partial charge in [-0.05, 0) is 21.5 Å². The van der Waals surface area contributed by atoms with Gasteiger partial charge in [0.15, 0.2) is 5.82 Å². The van der Waals surface area contributed by atoms with E-state index >= 15 is 0 Å². The highest BCUT2D eigenvalue weighted by Gasteiger charge is 2.04. The number of aromatic nitrogens is 4. The highest BCUT2D eigenvalue weighted by molar-refractivity contribution is 5.14. The molecule has 1 aromatic heterocycles. The van der Waals surface area contributed by atoms with Crippen LogP contribution in [0, 0.1) is 0 Å². The molecule has 2 aromatic rings. The lowest BCUT2D eigenvalue weighted by atomic mass is 10.2. The number of hydrogen-bond donors (Lipinski definition) is 0. The Hall–Kier alpha value is -2.40. The summed E-state index contributed by atoms with van der Waals surface area (Å²) in [5.74, 6) is 0.557. The number of azide groups is 1. The average Bonchev–Trinajstić information content (AvgIpc) is 2.75. The lowest BCUT2D eigenvalue weighted by Crippen LogP contribution is -2.06. The van der Waals surface area contributed by atoms with Crippen molar-refractivity contribution in [2.75, 3.05) is 0 Å². The molecule has 0 bridgehead atoms. The standard InChI is InChI=1S/C9H9N7/c10-13-11-6-9-12-14-15-16(9)7-8-4-2-1-3-5-8/h1-5H,6-7H2. The number of rotatable bonds is 4. The zero-order valence-electron chi connectivity index (χ0n) is 8.43. The van der Waals surface area contributed by atoms with Crippen molar-refractivity contribution < 1.29 is 0 Å². The molecule has 0 radical (unpaired) electrons. The second-order valence-electron chi connectivity index (χ2n) is 3.13. The molecule has 1 heterocycles.